The van der Waals surface area contributed by atoms with Crippen molar-refractivity contribution in [2.75, 3.05) is 26.2 Å². The fourth-order valence-corrected chi connectivity index (χ4v) is 2.71. The molecule has 0 saturated carbocycles. The van der Waals surface area contributed by atoms with Crippen LogP contribution >= 0.6 is 0 Å². The Bertz CT molecular complexity index is 366. The summed E-state index contributed by atoms with van der Waals surface area (Å²) in [5.74, 6) is 1.44. The van der Waals surface area contributed by atoms with Crippen molar-refractivity contribution >= 4 is 0 Å². The van der Waals surface area contributed by atoms with Crippen LogP contribution in [0.15, 0.2) is 18.5 Å². The predicted molar refractivity (Wildman–Crippen MR) is 75.4 cm³/mol. The van der Waals surface area contributed by atoms with Gasteiger partial charge in [-0.15, -0.1) is 0 Å². The molecule has 2 unspecified atom stereocenters. The Morgan fingerprint density at radius 1 is 1.28 bits per heavy atom. The van der Waals surface area contributed by atoms with E-state index in [9.17, 15) is 0 Å². The molecule has 0 spiro atoms. The second-order valence-corrected chi connectivity index (χ2v) is 5.86. The lowest BCUT2D eigenvalue weighted by Gasteiger charge is -2.32. The third-order valence-corrected chi connectivity index (χ3v) is 3.66. The molecule has 18 heavy (non-hydrogen) atoms. The molecular weight excluding hydrogens is 222 g/mol. The predicted octanol–water partition coefficient (Wildman–Crippen LogP) is 2.07. The molecule has 2 heterocycles. The van der Waals surface area contributed by atoms with Crippen molar-refractivity contribution in [2.45, 2.75) is 27.3 Å². The van der Waals surface area contributed by atoms with Gasteiger partial charge in [-0.25, -0.2) is 0 Å². The van der Waals surface area contributed by atoms with Crippen molar-refractivity contribution < 1.29 is 0 Å². The van der Waals surface area contributed by atoms with Crippen molar-refractivity contribution in [1.82, 2.24) is 15.2 Å². The summed E-state index contributed by atoms with van der Waals surface area (Å²) in [5, 5.41) is 3.55. The summed E-state index contributed by atoms with van der Waals surface area (Å²) in [5.41, 5.74) is 2.72. The molecule has 2 atom stereocenters. The molecule has 0 aliphatic carbocycles. The van der Waals surface area contributed by atoms with E-state index in [0.29, 0.717) is 0 Å². The van der Waals surface area contributed by atoms with Gasteiger partial charge in [0.05, 0.1) is 0 Å². The van der Waals surface area contributed by atoms with E-state index in [1.165, 1.54) is 24.2 Å². The minimum absolute atomic E-state index is 0.722. The van der Waals surface area contributed by atoms with Crippen molar-refractivity contribution in [1.29, 1.82) is 0 Å². The number of pyridine rings is 1. The van der Waals surface area contributed by atoms with Crippen molar-refractivity contribution in [2.24, 2.45) is 11.8 Å². The zero-order valence-electron chi connectivity index (χ0n) is 11.8. The zero-order chi connectivity index (χ0) is 13.0. The van der Waals surface area contributed by atoms with Crippen LogP contribution in [0.4, 0.5) is 0 Å². The molecule has 0 bridgehead atoms. The number of aryl methyl sites for hydroxylation is 1. The first kappa shape index (κ1) is 13.5. The lowest BCUT2D eigenvalue weighted by Crippen LogP contribution is -2.42. The monoisotopic (exact) mass is 247 g/mol. The summed E-state index contributed by atoms with van der Waals surface area (Å²) in [7, 11) is 0. The number of aromatic nitrogens is 1. The molecule has 1 aliphatic rings. The average molecular weight is 247 g/mol. The average Bonchev–Trinajstić information content (AvgIpc) is 2.30. The minimum atomic E-state index is 0.722. The smallest absolute Gasteiger partial charge is 0.0300 e. The molecule has 100 valence electrons. The van der Waals surface area contributed by atoms with E-state index in [1.807, 2.05) is 12.4 Å². The molecular formula is C15H25N3. The first-order chi connectivity index (χ1) is 8.65. The van der Waals surface area contributed by atoms with Gasteiger partial charge >= 0.3 is 0 Å². The Kier molecular flexibility index (Phi) is 4.72. The van der Waals surface area contributed by atoms with E-state index in [1.54, 1.807) is 0 Å². The topological polar surface area (TPSA) is 28.2 Å². The molecule has 1 saturated heterocycles. The van der Waals surface area contributed by atoms with Crippen LogP contribution in [0, 0.1) is 18.8 Å². The van der Waals surface area contributed by atoms with Crippen LogP contribution in [0.2, 0.25) is 0 Å². The van der Waals surface area contributed by atoms with Crippen LogP contribution in [0.5, 0.6) is 0 Å². The Morgan fingerprint density at radius 2 is 1.94 bits per heavy atom. The standard InChI is InChI=1S/C15H25N3/c1-12-6-17-7-13(2)10-18(9-12)11-15-4-5-16-8-14(15)3/h4-5,8,12-13,17H,6-7,9-11H2,1-3H3. The van der Waals surface area contributed by atoms with Gasteiger partial charge in [-0.05, 0) is 49.0 Å². The molecule has 0 aromatic carbocycles. The van der Waals surface area contributed by atoms with Gasteiger partial charge in [-0.2, -0.15) is 0 Å². The zero-order valence-corrected chi connectivity index (χ0v) is 11.8. The van der Waals surface area contributed by atoms with Gasteiger partial charge in [0.1, 0.15) is 0 Å². The number of nitrogens with one attached hydrogen (secondary N) is 1. The maximum Gasteiger partial charge on any atom is 0.0300 e. The number of nitrogens with zero attached hydrogens (tertiary/aromatic N) is 2. The molecule has 3 nitrogen and oxygen atoms in total. The van der Waals surface area contributed by atoms with Gasteiger partial charge in [-0.3, -0.25) is 9.88 Å². The lowest BCUT2D eigenvalue weighted by atomic mass is 10.0. The van der Waals surface area contributed by atoms with Gasteiger partial charge in [0, 0.05) is 32.0 Å². The number of rotatable bonds is 2. The highest BCUT2D eigenvalue weighted by molar-refractivity contribution is 5.21. The summed E-state index contributed by atoms with van der Waals surface area (Å²) in [6, 6.07) is 2.15. The molecule has 3 heteroatoms. The van der Waals surface area contributed by atoms with E-state index in [2.05, 4.69) is 42.0 Å². The maximum atomic E-state index is 4.17. The molecule has 2 rings (SSSR count). The van der Waals surface area contributed by atoms with E-state index >= 15 is 0 Å². The van der Waals surface area contributed by atoms with Gasteiger partial charge in [0.2, 0.25) is 0 Å². The second kappa shape index (κ2) is 6.30. The van der Waals surface area contributed by atoms with E-state index in [0.717, 1.165) is 31.5 Å². The normalized spacial score (nSPS) is 26.6. The van der Waals surface area contributed by atoms with Gasteiger partial charge < -0.3 is 5.32 Å². The van der Waals surface area contributed by atoms with Crippen LogP contribution in [-0.4, -0.2) is 36.1 Å². The van der Waals surface area contributed by atoms with E-state index in [-0.39, 0.29) is 0 Å². The van der Waals surface area contributed by atoms with Gasteiger partial charge in [0.15, 0.2) is 0 Å². The quantitative estimate of drug-likeness (QED) is 0.867. The minimum Gasteiger partial charge on any atom is -0.316 e. The summed E-state index contributed by atoms with van der Waals surface area (Å²) >= 11 is 0. The molecule has 1 aliphatic heterocycles. The Morgan fingerprint density at radius 3 is 2.56 bits per heavy atom. The van der Waals surface area contributed by atoms with Gasteiger partial charge in [0.25, 0.3) is 0 Å². The van der Waals surface area contributed by atoms with Crippen molar-refractivity contribution in [3.8, 4) is 0 Å². The molecule has 1 aromatic rings. The fraction of sp³-hybridized carbons (Fsp3) is 0.667. The molecule has 0 amide bonds. The first-order valence-electron chi connectivity index (χ1n) is 6.97. The number of hydrogen-bond donors (Lipinski definition) is 1. The highest BCUT2D eigenvalue weighted by atomic mass is 15.1. The second-order valence-electron chi connectivity index (χ2n) is 5.86. The highest BCUT2D eigenvalue weighted by Crippen LogP contribution is 2.14. The molecule has 1 aromatic heterocycles. The lowest BCUT2D eigenvalue weighted by molar-refractivity contribution is 0.178. The highest BCUT2D eigenvalue weighted by Gasteiger charge is 2.17. The third-order valence-electron chi connectivity index (χ3n) is 3.66. The summed E-state index contributed by atoms with van der Waals surface area (Å²) in [6.45, 7) is 12.5. The van der Waals surface area contributed by atoms with Crippen LogP contribution in [0.3, 0.4) is 0 Å². The molecule has 1 fully saturated rings. The van der Waals surface area contributed by atoms with Crippen LogP contribution in [-0.2, 0) is 6.54 Å². The van der Waals surface area contributed by atoms with Crippen LogP contribution in [0.1, 0.15) is 25.0 Å². The summed E-state index contributed by atoms with van der Waals surface area (Å²) in [4.78, 5) is 6.77. The third kappa shape index (κ3) is 3.79. The SMILES string of the molecule is Cc1cnccc1CN1CC(C)CNCC(C)C1. The van der Waals surface area contributed by atoms with Crippen LogP contribution < -0.4 is 5.32 Å². The largest absolute Gasteiger partial charge is 0.316 e. The van der Waals surface area contributed by atoms with E-state index < -0.39 is 0 Å². The number of hydrogen-bond acceptors (Lipinski definition) is 3. The Balaban J connectivity index is 2.03. The first-order valence-corrected chi connectivity index (χ1v) is 6.97. The van der Waals surface area contributed by atoms with Gasteiger partial charge in [-0.1, -0.05) is 13.8 Å². The summed E-state index contributed by atoms with van der Waals surface area (Å²) in [6.07, 6.45) is 3.87. The Hall–Kier alpha value is -0.930. The van der Waals surface area contributed by atoms with Crippen molar-refractivity contribution in [3.05, 3.63) is 29.6 Å². The fourth-order valence-electron chi connectivity index (χ4n) is 2.71. The van der Waals surface area contributed by atoms with Crippen LogP contribution in [0.25, 0.3) is 0 Å². The molecule has 1 N–H and O–H groups in total. The Labute approximate surface area is 111 Å². The van der Waals surface area contributed by atoms with E-state index in [4.69, 9.17) is 0 Å². The van der Waals surface area contributed by atoms with Crippen molar-refractivity contribution in [3.63, 3.8) is 0 Å². The summed E-state index contributed by atoms with van der Waals surface area (Å²) < 4.78 is 0. The molecule has 0 radical (unpaired) electrons. The maximum absolute atomic E-state index is 4.17.